The largest absolute Gasteiger partial charge is 0.444 e. The van der Waals surface area contributed by atoms with E-state index in [4.69, 9.17) is 24.9 Å². The van der Waals surface area contributed by atoms with Crippen molar-refractivity contribution in [3.05, 3.63) is 131 Å². The fourth-order valence-electron chi connectivity index (χ4n) is 7.40. The summed E-state index contributed by atoms with van der Waals surface area (Å²) in [6.07, 6.45) is 1.77. The molecule has 0 spiro atoms. The van der Waals surface area contributed by atoms with E-state index in [0.29, 0.717) is 12.1 Å². The van der Waals surface area contributed by atoms with Gasteiger partial charge in [0, 0.05) is 36.3 Å². The molecule has 4 N–H and O–H groups in total. The highest BCUT2D eigenvalue weighted by molar-refractivity contribution is 5.88. The Morgan fingerprint density at radius 2 is 1.42 bits per heavy atom. The first-order chi connectivity index (χ1) is 28.3. The molecule has 2 aliphatic heterocycles. The second-order valence-corrected chi connectivity index (χ2v) is 18.0. The maximum atomic E-state index is 13.3. The second kappa shape index (κ2) is 22.2. The van der Waals surface area contributed by atoms with Crippen LogP contribution in [0.3, 0.4) is 0 Å². The molecule has 336 valence electrons. The van der Waals surface area contributed by atoms with Gasteiger partial charge in [-0.2, -0.15) is 0 Å². The molecule has 6 rings (SSSR count). The number of halogens is 1. The van der Waals surface area contributed by atoms with Crippen LogP contribution in [0.5, 0.6) is 0 Å². The van der Waals surface area contributed by atoms with Crippen LogP contribution in [0.4, 0.5) is 21.0 Å². The van der Waals surface area contributed by atoms with Crippen LogP contribution in [-0.4, -0.2) is 62.7 Å². The van der Waals surface area contributed by atoms with Gasteiger partial charge >= 0.3 is 12.2 Å². The SMILES string of the molecule is C.CC(C)(C)OC(=O)Nc1ccc(CC(=O)CC[C@@H]2[C@@H](c3ccccc3)OC(C)(C)N2C(=O)OC(C)(C)C)cc1.Cl.Nc1ccc(CC2=N[C@@H]([C@H](O)c3ccccc3)CC2)cc1. The van der Waals surface area contributed by atoms with Gasteiger partial charge in [0.15, 0.2) is 0 Å². The van der Waals surface area contributed by atoms with Gasteiger partial charge in [-0.3, -0.25) is 20.0 Å². The maximum Gasteiger partial charge on any atom is 0.412 e. The van der Waals surface area contributed by atoms with Crippen LogP contribution < -0.4 is 11.1 Å². The van der Waals surface area contributed by atoms with Crippen molar-refractivity contribution in [1.82, 2.24) is 4.90 Å². The van der Waals surface area contributed by atoms with Crippen molar-refractivity contribution in [1.29, 1.82) is 0 Å². The van der Waals surface area contributed by atoms with E-state index >= 15 is 0 Å². The van der Waals surface area contributed by atoms with Crippen LogP contribution >= 0.6 is 12.4 Å². The van der Waals surface area contributed by atoms with Gasteiger partial charge in [0.25, 0.3) is 0 Å². The van der Waals surface area contributed by atoms with E-state index in [0.717, 1.165) is 41.6 Å². The Bertz CT molecular complexity index is 2060. The summed E-state index contributed by atoms with van der Waals surface area (Å²) in [6.45, 7) is 14.6. The molecular formula is C50H67ClN4O7. The van der Waals surface area contributed by atoms with Crippen LogP contribution in [0.1, 0.15) is 123 Å². The van der Waals surface area contributed by atoms with Crippen molar-refractivity contribution in [2.45, 2.75) is 143 Å². The summed E-state index contributed by atoms with van der Waals surface area (Å²) in [5.41, 5.74) is 10.0. The van der Waals surface area contributed by atoms with Crippen LogP contribution in [0.25, 0.3) is 0 Å². The summed E-state index contributed by atoms with van der Waals surface area (Å²) in [5, 5.41) is 13.1. The zero-order chi connectivity index (χ0) is 43.7. The quantitative estimate of drug-likeness (QED) is 0.126. The van der Waals surface area contributed by atoms with Crippen molar-refractivity contribution in [3.8, 4) is 0 Å². The molecule has 1 saturated heterocycles. The molecular weight excluding hydrogens is 804 g/mol. The maximum absolute atomic E-state index is 13.3. The van der Waals surface area contributed by atoms with Crippen molar-refractivity contribution < 1.29 is 33.7 Å². The van der Waals surface area contributed by atoms with E-state index in [2.05, 4.69) is 5.32 Å². The smallest absolute Gasteiger partial charge is 0.412 e. The summed E-state index contributed by atoms with van der Waals surface area (Å²) in [5.74, 6) is 0.0449. The number of aliphatic hydroxyl groups excluding tert-OH is 1. The third kappa shape index (κ3) is 15.3. The molecule has 0 bridgehead atoms. The number of ketones is 1. The van der Waals surface area contributed by atoms with E-state index in [1.165, 1.54) is 11.3 Å². The number of rotatable bonds is 11. The Hall–Kier alpha value is -5.23. The minimum Gasteiger partial charge on any atom is -0.444 e. The van der Waals surface area contributed by atoms with E-state index in [9.17, 15) is 19.5 Å². The highest BCUT2D eigenvalue weighted by Gasteiger charge is 2.51. The number of anilines is 2. The number of aliphatic imine (C=N–C) groups is 1. The van der Waals surface area contributed by atoms with Gasteiger partial charge in [-0.05, 0) is 121 Å². The van der Waals surface area contributed by atoms with Crippen molar-refractivity contribution in [2.75, 3.05) is 11.1 Å². The first-order valence-electron chi connectivity index (χ1n) is 20.7. The van der Waals surface area contributed by atoms with Crippen molar-refractivity contribution >= 4 is 47.5 Å². The molecule has 2 amide bonds. The molecule has 2 heterocycles. The van der Waals surface area contributed by atoms with E-state index in [1.54, 1.807) is 37.8 Å². The molecule has 62 heavy (non-hydrogen) atoms. The Labute approximate surface area is 374 Å². The van der Waals surface area contributed by atoms with Gasteiger partial charge in [0.1, 0.15) is 34.9 Å². The molecule has 0 aromatic heterocycles. The molecule has 0 unspecified atom stereocenters. The Morgan fingerprint density at radius 3 is 2.00 bits per heavy atom. The third-order valence-electron chi connectivity index (χ3n) is 10.1. The lowest BCUT2D eigenvalue weighted by molar-refractivity contribution is -0.118. The van der Waals surface area contributed by atoms with Gasteiger partial charge in [-0.15, -0.1) is 12.4 Å². The van der Waals surface area contributed by atoms with Gasteiger partial charge in [-0.25, -0.2) is 9.59 Å². The first-order valence-corrected chi connectivity index (χ1v) is 20.7. The number of hydrogen-bond donors (Lipinski definition) is 3. The summed E-state index contributed by atoms with van der Waals surface area (Å²) in [6, 6.07) is 34.2. The minimum atomic E-state index is -0.909. The molecule has 0 radical (unpaired) electrons. The highest BCUT2D eigenvalue weighted by Crippen LogP contribution is 2.43. The molecule has 4 atom stereocenters. The van der Waals surface area contributed by atoms with Crippen molar-refractivity contribution in [2.24, 2.45) is 4.99 Å². The zero-order valence-corrected chi connectivity index (χ0v) is 37.5. The van der Waals surface area contributed by atoms with Gasteiger partial charge < -0.3 is 25.1 Å². The Kier molecular flexibility index (Phi) is 18.3. The molecule has 11 nitrogen and oxygen atoms in total. The number of carbonyl (C=O) groups excluding carboxylic acids is 3. The van der Waals surface area contributed by atoms with Crippen LogP contribution in [0.2, 0.25) is 0 Å². The lowest BCUT2D eigenvalue weighted by Gasteiger charge is -2.35. The number of nitrogens with one attached hydrogen (secondary N) is 1. The number of amides is 2. The molecule has 12 heteroatoms. The third-order valence-corrected chi connectivity index (χ3v) is 10.1. The average Bonchev–Trinajstić information content (AvgIpc) is 3.76. The number of hydrogen-bond acceptors (Lipinski definition) is 9. The normalized spacial score (nSPS) is 18.4. The minimum absolute atomic E-state index is 0. The highest BCUT2D eigenvalue weighted by atomic mass is 35.5. The van der Waals surface area contributed by atoms with Crippen molar-refractivity contribution in [3.63, 3.8) is 0 Å². The standard InChI is InChI=1S/C31H42N2O6.C18H20N2O.CH4.ClH/c1-29(2,3)38-27(35)32-23-16-14-21(15-17-23)20-24(34)18-19-25-26(22-12-10-9-11-13-22)37-31(7,8)33(25)28(36)39-30(4,5)6;19-15-8-6-13(7-9-15)12-16-10-11-17(20-16)18(21)14-4-2-1-3-5-14;;/h9-17,25-26H,18-20H2,1-8H3,(H,32,35);1-9,17-18,21H,10-12,19H2;1H4;1H/t25-,26-;17-,18-;;/m11../s1. The number of carbonyl (C=O) groups is 3. The van der Waals surface area contributed by atoms with Crippen LogP contribution in [-0.2, 0) is 31.8 Å². The summed E-state index contributed by atoms with van der Waals surface area (Å²) in [7, 11) is 0. The summed E-state index contributed by atoms with van der Waals surface area (Å²) in [4.78, 5) is 44.7. The lowest BCUT2D eigenvalue weighted by atomic mass is 9.95. The van der Waals surface area contributed by atoms with E-state index in [1.807, 2.05) is 132 Å². The topological polar surface area (TPSA) is 153 Å². The monoisotopic (exact) mass is 870 g/mol. The first kappa shape index (κ1) is 51.1. The fraction of sp³-hybridized carbons (Fsp3) is 0.440. The van der Waals surface area contributed by atoms with E-state index in [-0.39, 0.29) is 56.6 Å². The van der Waals surface area contributed by atoms with Crippen LogP contribution in [0.15, 0.2) is 114 Å². The number of benzene rings is 4. The number of nitrogen functional groups attached to an aromatic ring is 1. The molecule has 4 aromatic carbocycles. The fourth-order valence-corrected chi connectivity index (χ4v) is 7.40. The molecule has 4 aromatic rings. The van der Waals surface area contributed by atoms with Crippen LogP contribution in [0, 0.1) is 0 Å². The number of aliphatic hydroxyl groups is 1. The van der Waals surface area contributed by atoms with Gasteiger partial charge in [-0.1, -0.05) is 92.4 Å². The molecule has 2 aliphatic rings. The second-order valence-electron chi connectivity index (χ2n) is 18.0. The summed E-state index contributed by atoms with van der Waals surface area (Å²) < 4.78 is 17.4. The Morgan fingerprint density at radius 1 is 0.855 bits per heavy atom. The predicted octanol–water partition coefficient (Wildman–Crippen LogP) is 11.2. The van der Waals surface area contributed by atoms with Gasteiger partial charge in [0.05, 0.1) is 12.1 Å². The predicted molar refractivity (Wildman–Crippen MR) is 251 cm³/mol. The number of nitrogens with zero attached hydrogens (tertiary/aromatic N) is 2. The van der Waals surface area contributed by atoms with E-state index < -0.39 is 35.2 Å². The average molecular weight is 872 g/mol. The Balaban J connectivity index is 0.000000375. The molecule has 0 aliphatic carbocycles. The number of ether oxygens (including phenoxy) is 3. The number of Topliss-reactive ketones (excluding diaryl/α,β-unsaturated/α-hetero) is 1. The number of nitrogens with two attached hydrogens (primary N) is 1. The lowest BCUT2D eigenvalue weighted by Crippen LogP contribution is -2.50. The molecule has 0 saturated carbocycles. The summed E-state index contributed by atoms with van der Waals surface area (Å²) >= 11 is 0. The van der Waals surface area contributed by atoms with Gasteiger partial charge in [0.2, 0.25) is 0 Å². The zero-order valence-electron chi connectivity index (χ0n) is 36.7. The molecule has 1 fully saturated rings.